The Morgan fingerprint density at radius 1 is 1.00 bits per heavy atom. The third-order valence-electron chi connectivity index (χ3n) is 5.11. The van der Waals surface area contributed by atoms with E-state index >= 15 is 0 Å². The normalized spacial score (nSPS) is 14.8. The molecule has 1 saturated heterocycles. The lowest BCUT2D eigenvalue weighted by Gasteiger charge is -2.27. The summed E-state index contributed by atoms with van der Waals surface area (Å²) in [5.74, 6) is 0.501. The van der Waals surface area contributed by atoms with E-state index in [1.807, 2.05) is 0 Å². The van der Waals surface area contributed by atoms with Crippen molar-refractivity contribution >= 4 is 23.5 Å². The first-order valence-corrected chi connectivity index (χ1v) is 10.9. The number of hydrogen-bond donors (Lipinski definition) is 3. The number of ether oxygens (including phenoxy) is 1. The van der Waals surface area contributed by atoms with E-state index in [-0.39, 0.29) is 5.91 Å². The number of halogens is 1. The summed E-state index contributed by atoms with van der Waals surface area (Å²) in [6, 6.07) is 15.5. The second-order valence-electron chi connectivity index (χ2n) is 7.25. The van der Waals surface area contributed by atoms with Crippen molar-refractivity contribution in [3.8, 4) is 0 Å². The van der Waals surface area contributed by atoms with Gasteiger partial charge in [-0.25, -0.2) is 0 Å². The summed E-state index contributed by atoms with van der Waals surface area (Å²) >= 11 is 6.06. The number of morpholine rings is 1. The van der Waals surface area contributed by atoms with Crippen LogP contribution in [0, 0.1) is 0 Å². The van der Waals surface area contributed by atoms with Gasteiger partial charge in [0.1, 0.15) is 0 Å². The van der Waals surface area contributed by atoms with Crippen LogP contribution in [0.3, 0.4) is 0 Å². The van der Waals surface area contributed by atoms with Crippen LogP contribution >= 0.6 is 11.6 Å². The van der Waals surface area contributed by atoms with Crippen molar-refractivity contribution in [1.82, 2.24) is 20.9 Å². The highest BCUT2D eigenvalue weighted by molar-refractivity contribution is 6.33. The van der Waals surface area contributed by atoms with Crippen molar-refractivity contribution in [3.05, 3.63) is 70.2 Å². The van der Waals surface area contributed by atoms with Crippen molar-refractivity contribution in [2.75, 3.05) is 46.4 Å². The zero-order chi connectivity index (χ0) is 21.9. The smallest absolute Gasteiger partial charge is 0.252 e. The fraction of sp³-hybridized carbons (Fsp3) is 0.391. The van der Waals surface area contributed by atoms with Crippen molar-refractivity contribution < 1.29 is 9.53 Å². The van der Waals surface area contributed by atoms with Crippen LogP contribution in [-0.4, -0.2) is 63.2 Å². The average Bonchev–Trinajstić information content (AvgIpc) is 2.80. The minimum absolute atomic E-state index is 0.188. The molecule has 1 heterocycles. The molecule has 31 heavy (non-hydrogen) atoms. The summed E-state index contributed by atoms with van der Waals surface area (Å²) in [7, 11) is 1.73. The van der Waals surface area contributed by atoms with Gasteiger partial charge in [0.05, 0.1) is 23.8 Å². The number of hydrogen-bond acceptors (Lipinski definition) is 4. The molecule has 0 radical (unpaired) electrons. The summed E-state index contributed by atoms with van der Waals surface area (Å²) in [5.41, 5.74) is 3.02. The van der Waals surface area contributed by atoms with Crippen LogP contribution in [0.1, 0.15) is 21.5 Å². The van der Waals surface area contributed by atoms with E-state index < -0.39 is 0 Å². The standard InChI is InChI=1S/C23H30ClN5O2/c1-25-23(27-11-10-26-22(30)20-8-4-5-9-21(20)24)28-16-18-6-2-3-7-19(18)17-29-12-14-31-15-13-29/h2-9H,10-17H2,1H3,(H,26,30)(H2,25,27,28). The minimum atomic E-state index is -0.188. The Morgan fingerprint density at radius 3 is 2.42 bits per heavy atom. The van der Waals surface area contributed by atoms with E-state index in [1.54, 1.807) is 31.3 Å². The molecular weight excluding hydrogens is 414 g/mol. The monoisotopic (exact) mass is 443 g/mol. The first-order chi connectivity index (χ1) is 15.2. The molecule has 3 rings (SSSR count). The molecule has 2 aromatic carbocycles. The first kappa shape index (κ1) is 23.1. The van der Waals surface area contributed by atoms with E-state index in [1.165, 1.54) is 11.1 Å². The van der Waals surface area contributed by atoms with Crippen LogP contribution in [0.4, 0.5) is 0 Å². The summed E-state index contributed by atoms with van der Waals surface area (Å²) in [6.45, 7) is 6.11. The lowest BCUT2D eigenvalue weighted by atomic mass is 10.1. The predicted octanol–water partition coefficient (Wildman–Crippen LogP) is 2.27. The van der Waals surface area contributed by atoms with Gasteiger partial charge in [0.15, 0.2) is 5.96 Å². The van der Waals surface area contributed by atoms with E-state index in [0.29, 0.717) is 36.2 Å². The Hall–Kier alpha value is -2.61. The Labute approximate surface area is 188 Å². The van der Waals surface area contributed by atoms with Crippen molar-refractivity contribution in [2.24, 2.45) is 4.99 Å². The summed E-state index contributed by atoms with van der Waals surface area (Å²) in [6.07, 6.45) is 0. The molecule has 3 N–H and O–H groups in total. The number of guanidine groups is 1. The molecule has 1 amide bonds. The van der Waals surface area contributed by atoms with Gasteiger partial charge in [-0.05, 0) is 23.3 Å². The Bertz CT molecular complexity index is 884. The highest BCUT2D eigenvalue weighted by Gasteiger charge is 2.13. The number of nitrogens with one attached hydrogen (secondary N) is 3. The molecule has 1 aliphatic rings. The van der Waals surface area contributed by atoms with Gasteiger partial charge in [-0.2, -0.15) is 0 Å². The van der Waals surface area contributed by atoms with Gasteiger partial charge in [0.25, 0.3) is 5.91 Å². The molecule has 8 heteroatoms. The lowest BCUT2D eigenvalue weighted by molar-refractivity contribution is 0.0341. The molecule has 2 aromatic rings. The molecule has 166 valence electrons. The highest BCUT2D eigenvalue weighted by atomic mass is 35.5. The predicted molar refractivity (Wildman–Crippen MR) is 125 cm³/mol. The molecule has 0 bridgehead atoms. The summed E-state index contributed by atoms with van der Waals surface area (Å²) in [5, 5.41) is 9.89. The van der Waals surface area contributed by atoms with Gasteiger partial charge in [-0.15, -0.1) is 0 Å². The second kappa shape index (κ2) is 12.3. The van der Waals surface area contributed by atoms with Gasteiger partial charge < -0.3 is 20.7 Å². The molecule has 0 saturated carbocycles. The number of benzene rings is 2. The number of aliphatic imine (C=N–C) groups is 1. The van der Waals surface area contributed by atoms with E-state index in [0.717, 1.165) is 32.8 Å². The molecule has 0 spiro atoms. The van der Waals surface area contributed by atoms with Crippen LogP contribution < -0.4 is 16.0 Å². The van der Waals surface area contributed by atoms with Gasteiger partial charge in [0.2, 0.25) is 0 Å². The number of rotatable bonds is 8. The zero-order valence-corrected chi connectivity index (χ0v) is 18.6. The third-order valence-corrected chi connectivity index (χ3v) is 5.44. The highest BCUT2D eigenvalue weighted by Crippen LogP contribution is 2.14. The summed E-state index contributed by atoms with van der Waals surface area (Å²) in [4.78, 5) is 18.9. The maximum absolute atomic E-state index is 12.2. The molecule has 7 nitrogen and oxygen atoms in total. The quantitative estimate of drug-likeness (QED) is 0.331. The molecule has 0 unspecified atom stereocenters. The van der Waals surface area contributed by atoms with Crippen LogP contribution in [0.2, 0.25) is 5.02 Å². The molecule has 0 atom stereocenters. The molecule has 1 aliphatic heterocycles. The molecule has 0 aromatic heterocycles. The van der Waals surface area contributed by atoms with Crippen molar-refractivity contribution in [2.45, 2.75) is 13.1 Å². The molecule has 1 fully saturated rings. The van der Waals surface area contributed by atoms with E-state index in [9.17, 15) is 4.79 Å². The summed E-state index contributed by atoms with van der Waals surface area (Å²) < 4.78 is 5.44. The largest absolute Gasteiger partial charge is 0.379 e. The number of carbonyl (C=O) groups is 1. The zero-order valence-electron chi connectivity index (χ0n) is 17.9. The minimum Gasteiger partial charge on any atom is -0.379 e. The van der Waals surface area contributed by atoms with E-state index in [4.69, 9.17) is 16.3 Å². The second-order valence-corrected chi connectivity index (χ2v) is 7.65. The number of amides is 1. The fourth-order valence-corrected chi connectivity index (χ4v) is 3.60. The Kier molecular flexibility index (Phi) is 9.15. The maximum Gasteiger partial charge on any atom is 0.252 e. The first-order valence-electron chi connectivity index (χ1n) is 10.5. The third kappa shape index (κ3) is 7.24. The van der Waals surface area contributed by atoms with Crippen LogP contribution in [-0.2, 0) is 17.8 Å². The van der Waals surface area contributed by atoms with Crippen LogP contribution in [0.5, 0.6) is 0 Å². The van der Waals surface area contributed by atoms with Gasteiger partial charge >= 0.3 is 0 Å². The van der Waals surface area contributed by atoms with Gasteiger partial charge in [-0.1, -0.05) is 48.0 Å². The lowest BCUT2D eigenvalue weighted by Crippen LogP contribution is -2.41. The molecule has 0 aliphatic carbocycles. The van der Waals surface area contributed by atoms with Gasteiger partial charge in [-0.3, -0.25) is 14.7 Å². The maximum atomic E-state index is 12.2. The van der Waals surface area contributed by atoms with E-state index in [2.05, 4.69) is 50.1 Å². The fourth-order valence-electron chi connectivity index (χ4n) is 3.38. The van der Waals surface area contributed by atoms with Crippen LogP contribution in [0.15, 0.2) is 53.5 Å². The Morgan fingerprint density at radius 2 is 1.68 bits per heavy atom. The van der Waals surface area contributed by atoms with Crippen molar-refractivity contribution in [3.63, 3.8) is 0 Å². The molecular formula is C23H30ClN5O2. The number of carbonyl (C=O) groups excluding carboxylic acids is 1. The van der Waals surface area contributed by atoms with Crippen LogP contribution in [0.25, 0.3) is 0 Å². The topological polar surface area (TPSA) is 78.0 Å². The van der Waals surface area contributed by atoms with Crippen molar-refractivity contribution in [1.29, 1.82) is 0 Å². The SMILES string of the molecule is CN=C(NCCNC(=O)c1ccccc1Cl)NCc1ccccc1CN1CCOCC1. The average molecular weight is 444 g/mol. The Balaban J connectivity index is 1.43. The van der Waals surface area contributed by atoms with Gasteiger partial charge in [0, 0.05) is 46.3 Å². The number of nitrogens with zero attached hydrogens (tertiary/aromatic N) is 2.